The summed E-state index contributed by atoms with van der Waals surface area (Å²) < 4.78 is 10.4. The summed E-state index contributed by atoms with van der Waals surface area (Å²) in [6.07, 6.45) is 1.39. The molecule has 0 aliphatic carbocycles. The van der Waals surface area contributed by atoms with E-state index in [9.17, 15) is 9.59 Å². The summed E-state index contributed by atoms with van der Waals surface area (Å²) in [5.74, 6) is -0.871. The highest BCUT2D eigenvalue weighted by atomic mass is 79.9. The first-order chi connectivity index (χ1) is 8.20. The highest BCUT2D eigenvalue weighted by Gasteiger charge is 2.24. The van der Waals surface area contributed by atoms with Gasteiger partial charge < -0.3 is 14.5 Å². The molecular weight excluding hydrogens is 302 g/mol. The van der Waals surface area contributed by atoms with Crippen LogP contribution in [0.4, 0.5) is 0 Å². The van der Waals surface area contributed by atoms with Crippen molar-refractivity contribution in [3.8, 4) is 0 Å². The van der Waals surface area contributed by atoms with E-state index in [0.29, 0.717) is 10.2 Å². The van der Waals surface area contributed by atoms with Crippen LogP contribution in [0.3, 0.4) is 0 Å². The molecule has 18 heavy (non-hydrogen) atoms. The number of carbonyl (C=O) groups excluding carboxylic acids is 2. The predicted molar refractivity (Wildman–Crippen MR) is 69.2 cm³/mol. The molecule has 100 valence electrons. The molecule has 1 aromatic heterocycles. The fraction of sp³-hybridized carbons (Fsp3) is 0.500. The minimum absolute atomic E-state index is 0.330. The van der Waals surface area contributed by atoms with Gasteiger partial charge in [0.05, 0.1) is 11.8 Å². The van der Waals surface area contributed by atoms with Crippen molar-refractivity contribution in [2.45, 2.75) is 39.3 Å². The molecule has 0 aromatic carbocycles. The van der Waals surface area contributed by atoms with E-state index in [4.69, 9.17) is 9.15 Å². The predicted octanol–water partition coefficient (Wildman–Crippen LogP) is 2.50. The van der Waals surface area contributed by atoms with Crippen LogP contribution in [-0.4, -0.2) is 23.5 Å². The molecule has 1 aromatic rings. The zero-order valence-corrected chi connectivity index (χ0v) is 12.3. The highest BCUT2D eigenvalue weighted by Crippen LogP contribution is 2.17. The normalized spacial score (nSPS) is 12.9. The van der Waals surface area contributed by atoms with E-state index in [1.165, 1.54) is 12.3 Å². The van der Waals surface area contributed by atoms with E-state index in [0.717, 1.165) is 0 Å². The van der Waals surface area contributed by atoms with Crippen molar-refractivity contribution >= 4 is 27.8 Å². The summed E-state index contributed by atoms with van der Waals surface area (Å²) in [6, 6.07) is 0.792. The third-order valence-corrected chi connectivity index (χ3v) is 2.58. The Bertz CT molecular complexity index is 447. The topological polar surface area (TPSA) is 68.5 Å². The van der Waals surface area contributed by atoms with E-state index in [1.54, 1.807) is 27.7 Å². The van der Waals surface area contributed by atoms with Crippen LogP contribution in [0.1, 0.15) is 38.1 Å². The Balaban J connectivity index is 2.60. The maximum atomic E-state index is 11.8. The number of rotatable bonds is 3. The number of halogens is 1. The summed E-state index contributed by atoms with van der Waals surface area (Å²) in [4.78, 5) is 23.5. The number of nitrogens with one attached hydrogen (secondary N) is 1. The third kappa shape index (κ3) is 4.18. The van der Waals surface area contributed by atoms with Gasteiger partial charge in [0, 0.05) is 0 Å². The van der Waals surface area contributed by atoms with Gasteiger partial charge in [-0.25, -0.2) is 4.79 Å². The molecule has 0 fully saturated rings. The molecule has 0 saturated heterocycles. The van der Waals surface area contributed by atoms with Crippen molar-refractivity contribution < 1.29 is 18.7 Å². The number of ether oxygens (including phenoxy) is 1. The smallest absolute Gasteiger partial charge is 0.328 e. The Labute approximate surface area is 114 Å². The van der Waals surface area contributed by atoms with Gasteiger partial charge in [0.15, 0.2) is 4.67 Å². The number of amides is 1. The minimum Gasteiger partial charge on any atom is -0.458 e. The van der Waals surface area contributed by atoms with Crippen LogP contribution in [0.2, 0.25) is 0 Å². The summed E-state index contributed by atoms with van der Waals surface area (Å²) in [5, 5.41) is 2.54. The maximum Gasteiger partial charge on any atom is 0.328 e. The Morgan fingerprint density at radius 1 is 1.44 bits per heavy atom. The standard InChI is InChI=1S/C12H16BrNO4/c1-7(11(16)18-12(2,3)4)14-10(15)8-5-6-17-9(8)13/h5-7H,1-4H3,(H,14,15)/t7-/m1/s1. The molecule has 0 radical (unpaired) electrons. The van der Waals surface area contributed by atoms with Crippen LogP contribution < -0.4 is 5.32 Å². The second-order valence-corrected chi connectivity index (χ2v) is 5.56. The molecule has 5 nitrogen and oxygen atoms in total. The van der Waals surface area contributed by atoms with Gasteiger partial charge >= 0.3 is 5.97 Å². The SMILES string of the molecule is C[C@@H](NC(=O)c1ccoc1Br)C(=O)OC(C)(C)C. The Morgan fingerprint density at radius 2 is 2.06 bits per heavy atom. The van der Waals surface area contributed by atoms with Crippen LogP contribution >= 0.6 is 15.9 Å². The average Bonchev–Trinajstić information content (AvgIpc) is 2.61. The monoisotopic (exact) mass is 317 g/mol. The van der Waals surface area contributed by atoms with Crippen LogP contribution in [0, 0.1) is 0 Å². The molecular formula is C12H16BrNO4. The van der Waals surface area contributed by atoms with Gasteiger partial charge in [-0.3, -0.25) is 4.79 Å². The number of furan rings is 1. The van der Waals surface area contributed by atoms with Crippen molar-refractivity contribution in [2.75, 3.05) is 0 Å². The van der Waals surface area contributed by atoms with Crippen molar-refractivity contribution in [3.63, 3.8) is 0 Å². The molecule has 0 unspecified atom stereocenters. The molecule has 0 aliphatic rings. The fourth-order valence-corrected chi connectivity index (χ4v) is 1.60. The van der Waals surface area contributed by atoms with E-state index in [1.807, 2.05) is 0 Å². The zero-order chi connectivity index (χ0) is 13.9. The van der Waals surface area contributed by atoms with Gasteiger partial charge in [-0.2, -0.15) is 0 Å². The fourth-order valence-electron chi connectivity index (χ4n) is 1.18. The van der Waals surface area contributed by atoms with Gasteiger partial charge in [-0.1, -0.05) is 0 Å². The van der Waals surface area contributed by atoms with Gasteiger partial charge in [0.2, 0.25) is 0 Å². The molecule has 1 rings (SSSR count). The quantitative estimate of drug-likeness (QED) is 0.870. The summed E-state index contributed by atoms with van der Waals surface area (Å²) in [6.45, 7) is 6.88. The second kappa shape index (κ2) is 5.56. The van der Waals surface area contributed by atoms with Crippen molar-refractivity contribution in [2.24, 2.45) is 0 Å². The number of esters is 1. The van der Waals surface area contributed by atoms with Gasteiger partial charge in [-0.15, -0.1) is 0 Å². The van der Waals surface area contributed by atoms with E-state index in [-0.39, 0.29) is 0 Å². The lowest BCUT2D eigenvalue weighted by molar-refractivity contribution is -0.156. The minimum atomic E-state index is -0.724. The van der Waals surface area contributed by atoms with Crippen molar-refractivity contribution in [1.82, 2.24) is 5.32 Å². The Hall–Kier alpha value is -1.30. The number of carbonyl (C=O) groups is 2. The molecule has 0 saturated carbocycles. The maximum absolute atomic E-state index is 11.8. The first kappa shape index (κ1) is 14.8. The second-order valence-electron chi connectivity index (χ2n) is 4.84. The Morgan fingerprint density at radius 3 is 2.50 bits per heavy atom. The lowest BCUT2D eigenvalue weighted by atomic mass is 10.2. The van der Waals surface area contributed by atoms with Crippen LogP contribution in [0.5, 0.6) is 0 Å². The van der Waals surface area contributed by atoms with Crippen molar-refractivity contribution in [1.29, 1.82) is 0 Å². The highest BCUT2D eigenvalue weighted by molar-refractivity contribution is 9.10. The van der Waals surface area contributed by atoms with Crippen LogP contribution in [0.15, 0.2) is 21.4 Å². The molecule has 1 heterocycles. The van der Waals surface area contributed by atoms with E-state index in [2.05, 4.69) is 21.2 Å². The zero-order valence-electron chi connectivity index (χ0n) is 10.7. The van der Waals surface area contributed by atoms with E-state index < -0.39 is 23.5 Å². The van der Waals surface area contributed by atoms with Gasteiger partial charge in [0.1, 0.15) is 11.6 Å². The third-order valence-electron chi connectivity index (χ3n) is 1.97. The lowest BCUT2D eigenvalue weighted by Gasteiger charge is -2.22. The summed E-state index contributed by atoms with van der Waals surface area (Å²) in [7, 11) is 0. The van der Waals surface area contributed by atoms with Crippen LogP contribution in [0.25, 0.3) is 0 Å². The molecule has 1 atom stereocenters. The molecule has 6 heteroatoms. The molecule has 1 amide bonds. The Kier molecular flexibility index (Phi) is 4.56. The molecule has 0 bridgehead atoms. The lowest BCUT2D eigenvalue weighted by Crippen LogP contribution is -2.42. The summed E-state index contributed by atoms with van der Waals surface area (Å²) in [5.41, 5.74) is -0.239. The molecule has 0 aliphatic heterocycles. The van der Waals surface area contributed by atoms with E-state index >= 15 is 0 Å². The van der Waals surface area contributed by atoms with Crippen molar-refractivity contribution in [3.05, 3.63) is 22.6 Å². The number of hydrogen-bond acceptors (Lipinski definition) is 4. The summed E-state index contributed by atoms with van der Waals surface area (Å²) >= 11 is 3.10. The van der Waals surface area contributed by atoms with Gasteiger partial charge in [0.25, 0.3) is 5.91 Å². The van der Waals surface area contributed by atoms with Crippen LogP contribution in [-0.2, 0) is 9.53 Å². The molecule has 1 N–H and O–H groups in total. The number of hydrogen-bond donors (Lipinski definition) is 1. The average molecular weight is 318 g/mol. The molecule has 0 spiro atoms. The first-order valence-electron chi connectivity index (χ1n) is 5.47. The van der Waals surface area contributed by atoms with Gasteiger partial charge in [-0.05, 0) is 49.7 Å². The first-order valence-corrected chi connectivity index (χ1v) is 6.27. The largest absolute Gasteiger partial charge is 0.458 e.